The zero-order valence-electron chi connectivity index (χ0n) is 15.2. The average molecular weight is 316 g/mol. The van der Waals surface area contributed by atoms with E-state index in [-0.39, 0.29) is 5.41 Å². The topological polar surface area (TPSA) is 26.3 Å². The lowest BCUT2D eigenvalue weighted by Crippen LogP contribution is -2.53. The largest absolute Gasteiger partial charge is 0.381 e. The molecular weight excluding hydrogens is 284 g/mol. The van der Waals surface area contributed by atoms with Crippen LogP contribution in [-0.4, -0.2) is 19.0 Å². The summed E-state index contributed by atoms with van der Waals surface area (Å²) in [5, 5.41) is 0. The van der Waals surface area contributed by atoms with Crippen molar-refractivity contribution in [3.63, 3.8) is 0 Å². The van der Waals surface area contributed by atoms with Gasteiger partial charge in [-0.2, -0.15) is 0 Å². The molecule has 3 fully saturated rings. The van der Waals surface area contributed by atoms with Crippen LogP contribution < -0.4 is 0 Å². The van der Waals surface area contributed by atoms with E-state index in [2.05, 4.69) is 20.8 Å². The van der Waals surface area contributed by atoms with Crippen molar-refractivity contribution in [2.45, 2.75) is 71.8 Å². The van der Waals surface area contributed by atoms with Crippen LogP contribution in [0.1, 0.15) is 65.7 Å². The first-order chi connectivity index (χ1) is 10.9. The summed E-state index contributed by atoms with van der Waals surface area (Å²) >= 11 is 0. The molecule has 0 aliphatic heterocycles. The van der Waals surface area contributed by atoms with Gasteiger partial charge in [0.25, 0.3) is 0 Å². The highest BCUT2D eigenvalue weighted by Gasteiger charge is 2.60. The Bertz CT molecular complexity index is 550. The van der Waals surface area contributed by atoms with E-state index in [0.717, 1.165) is 37.0 Å². The van der Waals surface area contributed by atoms with E-state index in [9.17, 15) is 4.79 Å². The molecule has 3 saturated carbocycles. The summed E-state index contributed by atoms with van der Waals surface area (Å²) in [6.07, 6.45) is 10.7. The Morgan fingerprint density at radius 2 is 1.91 bits per heavy atom. The Kier molecular flexibility index (Phi) is 3.58. The van der Waals surface area contributed by atoms with E-state index >= 15 is 0 Å². The van der Waals surface area contributed by atoms with E-state index in [0.29, 0.717) is 23.2 Å². The minimum absolute atomic E-state index is 0.289. The Labute approximate surface area is 141 Å². The monoisotopic (exact) mass is 316 g/mol. The molecule has 0 amide bonds. The molecular formula is C21H32O2. The highest BCUT2D eigenvalue weighted by Crippen LogP contribution is 2.66. The zero-order valence-corrected chi connectivity index (χ0v) is 15.2. The highest BCUT2D eigenvalue weighted by molar-refractivity contribution is 5.91. The van der Waals surface area contributed by atoms with Gasteiger partial charge in [0, 0.05) is 13.5 Å². The average Bonchev–Trinajstić information content (AvgIpc) is 2.85. The van der Waals surface area contributed by atoms with Crippen molar-refractivity contribution in [2.75, 3.05) is 7.11 Å². The molecule has 0 spiro atoms. The number of ketones is 1. The van der Waals surface area contributed by atoms with Crippen LogP contribution in [0.5, 0.6) is 0 Å². The Morgan fingerprint density at radius 1 is 1.13 bits per heavy atom. The fraction of sp³-hybridized carbons (Fsp3) is 0.857. The molecule has 0 N–H and O–H groups in total. The normalized spacial score (nSPS) is 52.4. The van der Waals surface area contributed by atoms with Gasteiger partial charge in [-0.05, 0) is 79.1 Å². The fourth-order valence-corrected chi connectivity index (χ4v) is 7.24. The van der Waals surface area contributed by atoms with Crippen LogP contribution >= 0.6 is 0 Å². The van der Waals surface area contributed by atoms with Crippen molar-refractivity contribution in [1.29, 1.82) is 0 Å². The van der Waals surface area contributed by atoms with Crippen molar-refractivity contribution in [1.82, 2.24) is 0 Å². The lowest BCUT2D eigenvalue weighted by molar-refractivity contribution is -0.120. The SMILES string of the molecule is CO[C@H]1CC[C@H]2[C@@H]3[C@@H](C)CC4=CC(=O)CC[C@]4(C)[C@H]3CC[C@]12C. The second-order valence-corrected chi connectivity index (χ2v) is 9.37. The predicted octanol–water partition coefficient (Wildman–Crippen LogP) is 4.78. The van der Waals surface area contributed by atoms with Crippen LogP contribution in [-0.2, 0) is 9.53 Å². The number of allylic oxidation sites excluding steroid dienone is 1. The first-order valence-electron chi connectivity index (χ1n) is 9.67. The number of carbonyl (C=O) groups excluding carboxylic acids is 1. The van der Waals surface area contributed by atoms with Gasteiger partial charge in [-0.1, -0.05) is 26.3 Å². The summed E-state index contributed by atoms with van der Waals surface area (Å²) < 4.78 is 5.89. The van der Waals surface area contributed by atoms with Gasteiger partial charge in [-0.15, -0.1) is 0 Å². The number of ether oxygens (including phenoxy) is 1. The number of hydrogen-bond acceptors (Lipinski definition) is 2. The second-order valence-electron chi connectivity index (χ2n) is 9.37. The van der Waals surface area contributed by atoms with E-state index in [1.807, 2.05) is 13.2 Å². The van der Waals surface area contributed by atoms with Crippen LogP contribution in [0.25, 0.3) is 0 Å². The van der Waals surface area contributed by atoms with Crippen molar-refractivity contribution in [2.24, 2.45) is 34.5 Å². The van der Waals surface area contributed by atoms with Crippen LogP contribution in [0.15, 0.2) is 11.6 Å². The third-order valence-electron chi connectivity index (χ3n) is 8.51. The predicted molar refractivity (Wildman–Crippen MR) is 92.1 cm³/mol. The van der Waals surface area contributed by atoms with Crippen LogP contribution in [0.3, 0.4) is 0 Å². The van der Waals surface area contributed by atoms with Gasteiger partial charge in [0.15, 0.2) is 5.78 Å². The van der Waals surface area contributed by atoms with Crippen molar-refractivity contribution in [3.05, 3.63) is 11.6 Å². The molecule has 0 bridgehead atoms. The molecule has 0 aromatic carbocycles. The van der Waals surface area contributed by atoms with Crippen molar-refractivity contribution in [3.8, 4) is 0 Å². The van der Waals surface area contributed by atoms with E-state index in [1.54, 1.807) is 0 Å². The van der Waals surface area contributed by atoms with Gasteiger partial charge >= 0.3 is 0 Å². The molecule has 2 nitrogen and oxygen atoms in total. The lowest BCUT2D eigenvalue weighted by Gasteiger charge is -2.60. The fourth-order valence-electron chi connectivity index (χ4n) is 7.24. The summed E-state index contributed by atoms with van der Waals surface area (Å²) in [4.78, 5) is 11.9. The molecule has 7 atom stereocenters. The summed E-state index contributed by atoms with van der Waals surface area (Å²) in [6.45, 7) is 7.42. The third-order valence-corrected chi connectivity index (χ3v) is 8.51. The summed E-state index contributed by atoms with van der Waals surface area (Å²) in [6, 6.07) is 0. The van der Waals surface area contributed by atoms with Gasteiger partial charge in [0.1, 0.15) is 0 Å². The Balaban J connectivity index is 1.71. The molecule has 4 aliphatic carbocycles. The molecule has 0 heterocycles. The standard InChI is InChI=1S/C21H32O2/c1-13-11-14-12-15(22)7-9-20(14,2)17-8-10-21(3)16(19(13)17)5-6-18(21)23-4/h12-13,16-19H,5-11H2,1-4H3/t13-,16-,17-,18-,19-,20-,21-/m0/s1. The van der Waals surface area contributed by atoms with E-state index in [4.69, 9.17) is 4.74 Å². The molecule has 0 aromatic heterocycles. The maximum atomic E-state index is 11.9. The van der Waals surface area contributed by atoms with Gasteiger partial charge in [0.05, 0.1) is 6.10 Å². The highest BCUT2D eigenvalue weighted by atomic mass is 16.5. The minimum atomic E-state index is 0.289. The number of hydrogen-bond donors (Lipinski definition) is 0. The molecule has 128 valence electrons. The second kappa shape index (κ2) is 5.18. The number of carbonyl (C=O) groups is 1. The summed E-state index contributed by atoms with van der Waals surface area (Å²) in [5.74, 6) is 3.50. The molecule has 0 saturated heterocycles. The first kappa shape index (κ1) is 15.9. The summed E-state index contributed by atoms with van der Waals surface area (Å²) in [5.41, 5.74) is 2.15. The smallest absolute Gasteiger partial charge is 0.155 e. The van der Waals surface area contributed by atoms with Crippen molar-refractivity contribution >= 4 is 5.78 Å². The van der Waals surface area contributed by atoms with Gasteiger partial charge in [0.2, 0.25) is 0 Å². The Morgan fingerprint density at radius 3 is 2.65 bits per heavy atom. The number of methoxy groups -OCH3 is 1. The molecule has 0 radical (unpaired) electrons. The third kappa shape index (κ3) is 2.06. The quantitative estimate of drug-likeness (QED) is 0.696. The van der Waals surface area contributed by atoms with Gasteiger partial charge in [-0.25, -0.2) is 0 Å². The van der Waals surface area contributed by atoms with Gasteiger partial charge in [-0.3, -0.25) is 4.79 Å². The zero-order chi connectivity index (χ0) is 16.4. The first-order valence-corrected chi connectivity index (χ1v) is 9.67. The maximum Gasteiger partial charge on any atom is 0.155 e. The summed E-state index contributed by atoms with van der Waals surface area (Å²) in [7, 11) is 1.91. The molecule has 4 rings (SSSR count). The van der Waals surface area contributed by atoms with Crippen LogP contribution in [0, 0.1) is 34.5 Å². The minimum Gasteiger partial charge on any atom is -0.381 e. The van der Waals surface area contributed by atoms with Crippen molar-refractivity contribution < 1.29 is 9.53 Å². The number of rotatable bonds is 1. The van der Waals surface area contributed by atoms with E-state index in [1.165, 1.54) is 31.3 Å². The lowest BCUT2D eigenvalue weighted by atomic mass is 9.45. The van der Waals surface area contributed by atoms with Gasteiger partial charge < -0.3 is 4.74 Å². The Hall–Kier alpha value is -0.630. The molecule has 4 aliphatic rings. The van der Waals surface area contributed by atoms with Crippen LogP contribution in [0.4, 0.5) is 0 Å². The molecule has 2 heteroatoms. The molecule has 0 aromatic rings. The molecule has 23 heavy (non-hydrogen) atoms. The molecule has 0 unspecified atom stereocenters. The van der Waals surface area contributed by atoms with Crippen LogP contribution in [0.2, 0.25) is 0 Å². The maximum absolute atomic E-state index is 11.9. The van der Waals surface area contributed by atoms with E-state index < -0.39 is 0 Å². The number of fused-ring (bicyclic) bond motifs is 5.